The number of halogens is 1. The highest BCUT2D eigenvalue weighted by Crippen LogP contribution is 2.44. The van der Waals surface area contributed by atoms with Crippen molar-refractivity contribution in [1.82, 2.24) is 0 Å². The molecule has 0 saturated carbocycles. The summed E-state index contributed by atoms with van der Waals surface area (Å²) in [5.74, 6) is -0.168. The van der Waals surface area contributed by atoms with E-state index in [2.05, 4.69) is 19.6 Å². The standard InChI is InChI=1S/C16H24FNO/c1-3-15(2)12-16(8-10-18,9-11-19-15)13-4-6-14(17)7-5-13/h4-7H,3,8-12,18H2,1-2H3/p+1/t15-,16-/m0/s1. The monoisotopic (exact) mass is 266 g/mol. The third kappa shape index (κ3) is 2.98. The van der Waals surface area contributed by atoms with Crippen LogP contribution >= 0.6 is 0 Å². The van der Waals surface area contributed by atoms with Crippen LogP contribution in [0.2, 0.25) is 0 Å². The first-order valence-corrected chi connectivity index (χ1v) is 7.23. The van der Waals surface area contributed by atoms with Crippen molar-refractivity contribution in [2.75, 3.05) is 13.2 Å². The van der Waals surface area contributed by atoms with E-state index in [1.165, 1.54) is 5.56 Å². The highest BCUT2D eigenvalue weighted by molar-refractivity contribution is 5.27. The average molecular weight is 266 g/mol. The quantitative estimate of drug-likeness (QED) is 0.893. The fourth-order valence-corrected chi connectivity index (χ4v) is 3.32. The fraction of sp³-hybridized carbons (Fsp3) is 0.625. The molecule has 0 aromatic heterocycles. The highest BCUT2D eigenvalue weighted by Gasteiger charge is 2.43. The summed E-state index contributed by atoms with van der Waals surface area (Å²) >= 11 is 0. The van der Waals surface area contributed by atoms with E-state index in [-0.39, 0.29) is 16.8 Å². The highest BCUT2D eigenvalue weighted by atomic mass is 19.1. The predicted octanol–water partition coefficient (Wildman–Crippen LogP) is 2.67. The molecule has 0 unspecified atom stereocenters. The van der Waals surface area contributed by atoms with Gasteiger partial charge >= 0.3 is 0 Å². The molecule has 1 saturated heterocycles. The lowest BCUT2D eigenvalue weighted by molar-refractivity contribution is -0.372. The summed E-state index contributed by atoms with van der Waals surface area (Å²) in [6, 6.07) is 7.01. The first-order chi connectivity index (χ1) is 9.03. The SMILES string of the molecule is CC[C@@]1(C)C[C@@](CC[NH3+])(c2ccc(F)cc2)CCO1. The third-order valence-electron chi connectivity index (χ3n) is 4.60. The van der Waals surface area contributed by atoms with Crippen molar-refractivity contribution < 1.29 is 14.9 Å². The van der Waals surface area contributed by atoms with Crippen LogP contribution in [0, 0.1) is 5.82 Å². The molecule has 1 heterocycles. The van der Waals surface area contributed by atoms with E-state index in [1.807, 2.05) is 12.1 Å². The molecule has 3 N–H and O–H groups in total. The van der Waals surface area contributed by atoms with Crippen LogP contribution in [-0.2, 0) is 10.2 Å². The summed E-state index contributed by atoms with van der Waals surface area (Å²) in [4.78, 5) is 0. The molecule has 1 aromatic carbocycles. The van der Waals surface area contributed by atoms with Gasteiger partial charge in [-0.3, -0.25) is 0 Å². The fourth-order valence-electron chi connectivity index (χ4n) is 3.32. The van der Waals surface area contributed by atoms with E-state index in [9.17, 15) is 4.39 Å². The Hall–Kier alpha value is -0.930. The zero-order chi connectivity index (χ0) is 13.9. The normalized spacial score (nSPS) is 31.4. The van der Waals surface area contributed by atoms with Gasteiger partial charge in [0.25, 0.3) is 0 Å². The number of benzene rings is 1. The lowest BCUT2D eigenvalue weighted by Crippen LogP contribution is -2.55. The predicted molar refractivity (Wildman–Crippen MR) is 74.3 cm³/mol. The molecule has 2 rings (SSSR count). The number of hydrogen-bond donors (Lipinski definition) is 1. The Bertz CT molecular complexity index is 415. The maximum Gasteiger partial charge on any atom is 0.123 e. The maximum absolute atomic E-state index is 13.1. The Balaban J connectivity index is 2.34. The second-order valence-corrected chi connectivity index (χ2v) is 5.97. The lowest BCUT2D eigenvalue weighted by Gasteiger charge is -2.46. The number of rotatable bonds is 4. The molecule has 0 radical (unpaired) electrons. The van der Waals surface area contributed by atoms with Gasteiger partial charge in [0.2, 0.25) is 0 Å². The zero-order valence-electron chi connectivity index (χ0n) is 12.0. The van der Waals surface area contributed by atoms with Gasteiger partial charge in [0.15, 0.2) is 0 Å². The van der Waals surface area contributed by atoms with Crippen LogP contribution in [0.4, 0.5) is 4.39 Å². The molecule has 0 bridgehead atoms. The minimum absolute atomic E-state index is 0.0677. The molecule has 0 amide bonds. The molecule has 19 heavy (non-hydrogen) atoms. The van der Waals surface area contributed by atoms with Crippen molar-refractivity contribution in [3.05, 3.63) is 35.6 Å². The van der Waals surface area contributed by atoms with E-state index in [0.717, 1.165) is 38.8 Å². The topological polar surface area (TPSA) is 36.9 Å². The summed E-state index contributed by atoms with van der Waals surface area (Å²) in [6.45, 7) is 6.04. The summed E-state index contributed by atoms with van der Waals surface area (Å²) in [7, 11) is 0. The van der Waals surface area contributed by atoms with Crippen molar-refractivity contribution >= 4 is 0 Å². The van der Waals surface area contributed by atoms with E-state index >= 15 is 0 Å². The Labute approximate surface area is 115 Å². The smallest absolute Gasteiger partial charge is 0.123 e. The average Bonchev–Trinajstić information content (AvgIpc) is 2.40. The van der Waals surface area contributed by atoms with Crippen molar-refractivity contribution in [2.24, 2.45) is 0 Å². The molecule has 0 aliphatic carbocycles. The van der Waals surface area contributed by atoms with E-state index in [1.54, 1.807) is 12.1 Å². The third-order valence-corrected chi connectivity index (χ3v) is 4.60. The molecule has 1 aliphatic rings. The molecule has 2 atom stereocenters. The van der Waals surface area contributed by atoms with Crippen LogP contribution < -0.4 is 5.73 Å². The van der Waals surface area contributed by atoms with E-state index < -0.39 is 0 Å². The molecule has 3 heteroatoms. The second-order valence-electron chi connectivity index (χ2n) is 5.97. The zero-order valence-corrected chi connectivity index (χ0v) is 12.0. The molecule has 106 valence electrons. The van der Waals surface area contributed by atoms with Crippen LogP contribution in [0.1, 0.15) is 45.1 Å². The van der Waals surface area contributed by atoms with Crippen LogP contribution in [0.3, 0.4) is 0 Å². The Kier molecular flexibility index (Phi) is 4.26. The van der Waals surface area contributed by atoms with Gasteiger partial charge in [-0.1, -0.05) is 19.1 Å². The summed E-state index contributed by atoms with van der Waals surface area (Å²) in [5.41, 5.74) is 5.29. The molecule has 1 aliphatic heterocycles. The largest absolute Gasteiger partial charge is 0.375 e. The van der Waals surface area contributed by atoms with Crippen LogP contribution in [0.25, 0.3) is 0 Å². The van der Waals surface area contributed by atoms with Crippen LogP contribution in [0.15, 0.2) is 24.3 Å². The Morgan fingerprint density at radius 3 is 2.58 bits per heavy atom. The van der Waals surface area contributed by atoms with Gasteiger partial charge in [-0.15, -0.1) is 0 Å². The lowest BCUT2D eigenvalue weighted by atomic mass is 9.66. The molecular weight excluding hydrogens is 241 g/mol. The molecule has 1 aromatic rings. The molecular formula is C16H25FNO+. The Morgan fingerprint density at radius 1 is 1.32 bits per heavy atom. The first kappa shape index (κ1) is 14.5. The van der Waals surface area contributed by atoms with Gasteiger partial charge in [-0.25, -0.2) is 4.39 Å². The van der Waals surface area contributed by atoms with Crippen molar-refractivity contribution in [3.63, 3.8) is 0 Å². The van der Waals surface area contributed by atoms with Crippen molar-refractivity contribution in [2.45, 2.75) is 50.5 Å². The molecule has 2 nitrogen and oxygen atoms in total. The van der Waals surface area contributed by atoms with E-state index in [0.29, 0.717) is 0 Å². The van der Waals surface area contributed by atoms with Gasteiger partial charge in [0.05, 0.1) is 12.1 Å². The number of quaternary nitrogens is 1. The number of ether oxygens (including phenoxy) is 1. The van der Waals surface area contributed by atoms with Gasteiger partial charge in [0, 0.05) is 18.4 Å². The molecule has 1 fully saturated rings. The van der Waals surface area contributed by atoms with E-state index in [4.69, 9.17) is 4.74 Å². The maximum atomic E-state index is 13.1. The second kappa shape index (κ2) is 5.59. The summed E-state index contributed by atoms with van der Waals surface area (Å²) in [6.07, 6.45) is 4.05. The molecule has 0 spiro atoms. The van der Waals surface area contributed by atoms with Crippen molar-refractivity contribution in [3.8, 4) is 0 Å². The van der Waals surface area contributed by atoms with Gasteiger partial charge in [0.1, 0.15) is 5.82 Å². The minimum atomic E-state index is -0.168. The van der Waals surface area contributed by atoms with Gasteiger partial charge in [-0.2, -0.15) is 0 Å². The van der Waals surface area contributed by atoms with Gasteiger partial charge in [-0.05, 0) is 43.9 Å². The summed E-state index contributed by atoms with van der Waals surface area (Å²) < 4.78 is 19.1. The van der Waals surface area contributed by atoms with Gasteiger partial charge < -0.3 is 10.5 Å². The van der Waals surface area contributed by atoms with Crippen molar-refractivity contribution in [1.29, 1.82) is 0 Å². The van der Waals surface area contributed by atoms with Crippen LogP contribution in [-0.4, -0.2) is 18.8 Å². The minimum Gasteiger partial charge on any atom is -0.375 e. The first-order valence-electron chi connectivity index (χ1n) is 7.23. The van der Waals surface area contributed by atoms with Crippen LogP contribution in [0.5, 0.6) is 0 Å². The Morgan fingerprint density at radius 2 is 2.00 bits per heavy atom. The summed E-state index contributed by atoms with van der Waals surface area (Å²) in [5, 5.41) is 0. The number of hydrogen-bond acceptors (Lipinski definition) is 1.